The summed E-state index contributed by atoms with van der Waals surface area (Å²) in [4.78, 5) is 0. The maximum Gasteiger partial charge on any atom is 0.160 e. The smallest absolute Gasteiger partial charge is 0.160 e. The molecule has 0 amide bonds. The van der Waals surface area contributed by atoms with Crippen molar-refractivity contribution in [2.24, 2.45) is 0 Å². The third-order valence-corrected chi connectivity index (χ3v) is 3.46. The van der Waals surface area contributed by atoms with Crippen LogP contribution in [-0.4, -0.2) is 0 Å². The maximum atomic E-state index is 13.3. The summed E-state index contributed by atoms with van der Waals surface area (Å²) in [6.07, 6.45) is 0. The topological polar surface area (TPSA) is 38.0 Å². The second-order valence-electron chi connectivity index (χ2n) is 3.62. The van der Waals surface area contributed by atoms with Crippen LogP contribution in [0.15, 0.2) is 34.8 Å². The Morgan fingerprint density at radius 3 is 2.28 bits per heavy atom. The molecule has 0 unspecified atom stereocenters. The van der Waals surface area contributed by atoms with Gasteiger partial charge in [0.15, 0.2) is 5.82 Å². The van der Waals surface area contributed by atoms with E-state index in [1.807, 2.05) is 0 Å². The number of nitrogen functional groups attached to an aromatic ring is 1. The van der Waals surface area contributed by atoms with Gasteiger partial charge in [-0.25, -0.2) is 4.39 Å². The molecule has 2 rings (SSSR count). The standard InChI is InChI=1S/C12H8BrCl2FN2/c13-8-3-6(17)1-2-11(8)18-7-4-9(14)12(16)10(15)5-7/h1-5,18H,17H2. The number of anilines is 3. The van der Waals surface area contributed by atoms with E-state index in [0.29, 0.717) is 11.4 Å². The molecule has 0 fully saturated rings. The highest BCUT2D eigenvalue weighted by Crippen LogP contribution is 2.32. The first-order valence-electron chi connectivity index (χ1n) is 4.94. The van der Waals surface area contributed by atoms with Crippen LogP contribution in [0.1, 0.15) is 0 Å². The van der Waals surface area contributed by atoms with E-state index < -0.39 is 5.82 Å². The Morgan fingerprint density at radius 1 is 1.11 bits per heavy atom. The molecular formula is C12H8BrCl2FN2. The monoisotopic (exact) mass is 348 g/mol. The molecule has 0 saturated carbocycles. The summed E-state index contributed by atoms with van der Waals surface area (Å²) in [6, 6.07) is 8.23. The lowest BCUT2D eigenvalue weighted by Gasteiger charge is -2.10. The minimum atomic E-state index is -0.625. The molecule has 0 atom stereocenters. The van der Waals surface area contributed by atoms with Gasteiger partial charge in [0.2, 0.25) is 0 Å². The first kappa shape index (κ1) is 13.5. The average Bonchev–Trinajstić information content (AvgIpc) is 2.29. The molecular weight excluding hydrogens is 342 g/mol. The van der Waals surface area contributed by atoms with Crippen LogP contribution in [-0.2, 0) is 0 Å². The van der Waals surface area contributed by atoms with E-state index in [1.165, 1.54) is 12.1 Å². The summed E-state index contributed by atoms with van der Waals surface area (Å²) >= 11 is 14.8. The van der Waals surface area contributed by atoms with Crippen molar-refractivity contribution in [2.75, 3.05) is 11.1 Å². The fourth-order valence-electron chi connectivity index (χ4n) is 1.42. The van der Waals surface area contributed by atoms with Crippen LogP contribution in [0.4, 0.5) is 21.5 Å². The van der Waals surface area contributed by atoms with Crippen molar-refractivity contribution in [3.63, 3.8) is 0 Å². The summed E-state index contributed by atoms with van der Waals surface area (Å²) in [5.74, 6) is -0.625. The molecule has 18 heavy (non-hydrogen) atoms. The minimum Gasteiger partial charge on any atom is -0.399 e. The molecule has 0 heterocycles. The van der Waals surface area contributed by atoms with Gasteiger partial charge in [-0.3, -0.25) is 0 Å². The second-order valence-corrected chi connectivity index (χ2v) is 5.29. The van der Waals surface area contributed by atoms with Gasteiger partial charge < -0.3 is 11.1 Å². The van der Waals surface area contributed by atoms with E-state index in [2.05, 4.69) is 21.2 Å². The molecule has 6 heteroatoms. The Morgan fingerprint density at radius 2 is 1.72 bits per heavy atom. The molecule has 0 aliphatic heterocycles. The number of nitrogens with one attached hydrogen (secondary N) is 1. The lowest BCUT2D eigenvalue weighted by Crippen LogP contribution is -1.94. The number of rotatable bonds is 2. The molecule has 0 radical (unpaired) electrons. The van der Waals surface area contributed by atoms with Gasteiger partial charge in [0.1, 0.15) is 0 Å². The number of benzene rings is 2. The van der Waals surface area contributed by atoms with Gasteiger partial charge >= 0.3 is 0 Å². The molecule has 0 spiro atoms. The van der Waals surface area contributed by atoms with Gasteiger partial charge in [-0.15, -0.1) is 0 Å². The highest BCUT2D eigenvalue weighted by atomic mass is 79.9. The quantitative estimate of drug-likeness (QED) is 0.576. The predicted octanol–water partition coefficient (Wildman–Crippen LogP) is 5.22. The lowest BCUT2D eigenvalue weighted by atomic mass is 10.2. The fraction of sp³-hybridized carbons (Fsp3) is 0. The highest BCUT2D eigenvalue weighted by molar-refractivity contribution is 9.10. The lowest BCUT2D eigenvalue weighted by molar-refractivity contribution is 0.629. The van der Waals surface area contributed by atoms with Crippen molar-refractivity contribution >= 4 is 56.2 Å². The number of nitrogens with two attached hydrogens (primary N) is 1. The van der Waals surface area contributed by atoms with E-state index in [4.69, 9.17) is 28.9 Å². The van der Waals surface area contributed by atoms with Gasteiger partial charge in [-0.05, 0) is 46.3 Å². The van der Waals surface area contributed by atoms with Crippen LogP contribution < -0.4 is 11.1 Å². The summed E-state index contributed by atoms with van der Waals surface area (Å²) in [7, 11) is 0. The van der Waals surface area contributed by atoms with E-state index in [0.717, 1.165) is 10.2 Å². The molecule has 0 aliphatic rings. The fourth-order valence-corrected chi connectivity index (χ4v) is 2.40. The first-order chi connectivity index (χ1) is 8.47. The Hall–Kier alpha value is -0.970. The zero-order chi connectivity index (χ0) is 13.3. The zero-order valence-electron chi connectivity index (χ0n) is 8.98. The second kappa shape index (κ2) is 5.34. The SMILES string of the molecule is Nc1ccc(Nc2cc(Cl)c(F)c(Cl)c2)c(Br)c1. The van der Waals surface area contributed by atoms with Crippen molar-refractivity contribution in [2.45, 2.75) is 0 Å². The summed E-state index contributed by atoms with van der Waals surface area (Å²) in [5.41, 5.74) is 7.66. The first-order valence-corrected chi connectivity index (χ1v) is 6.49. The molecule has 94 valence electrons. The van der Waals surface area contributed by atoms with Gasteiger partial charge in [0.05, 0.1) is 15.7 Å². The zero-order valence-corrected chi connectivity index (χ0v) is 12.1. The van der Waals surface area contributed by atoms with Crippen LogP contribution in [0.25, 0.3) is 0 Å². The molecule has 2 aromatic carbocycles. The maximum absolute atomic E-state index is 13.3. The van der Waals surface area contributed by atoms with Gasteiger partial charge in [-0.2, -0.15) is 0 Å². The van der Waals surface area contributed by atoms with Crippen molar-refractivity contribution < 1.29 is 4.39 Å². The Bertz CT molecular complexity index is 582. The highest BCUT2D eigenvalue weighted by Gasteiger charge is 2.08. The van der Waals surface area contributed by atoms with E-state index in [1.54, 1.807) is 18.2 Å². The molecule has 2 aromatic rings. The van der Waals surface area contributed by atoms with Crippen molar-refractivity contribution in [1.82, 2.24) is 0 Å². The van der Waals surface area contributed by atoms with E-state index in [-0.39, 0.29) is 10.0 Å². The normalized spacial score (nSPS) is 10.4. The number of hydrogen-bond donors (Lipinski definition) is 2. The van der Waals surface area contributed by atoms with Gasteiger partial charge in [-0.1, -0.05) is 23.2 Å². The van der Waals surface area contributed by atoms with Crippen LogP contribution in [0, 0.1) is 5.82 Å². The van der Waals surface area contributed by atoms with Crippen molar-refractivity contribution in [3.8, 4) is 0 Å². The summed E-state index contributed by atoms with van der Waals surface area (Å²) in [6.45, 7) is 0. The van der Waals surface area contributed by atoms with Gasteiger partial charge in [0.25, 0.3) is 0 Å². The number of halogens is 4. The molecule has 0 aliphatic carbocycles. The van der Waals surface area contributed by atoms with Crippen LogP contribution >= 0.6 is 39.1 Å². The van der Waals surface area contributed by atoms with Crippen molar-refractivity contribution in [1.29, 1.82) is 0 Å². The minimum absolute atomic E-state index is 0.0310. The molecule has 3 N–H and O–H groups in total. The van der Waals surface area contributed by atoms with Crippen LogP contribution in [0.3, 0.4) is 0 Å². The summed E-state index contributed by atoms with van der Waals surface area (Å²) < 4.78 is 14.1. The molecule has 0 aromatic heterocycles. The Kier molecular flexibility index (Phi) is 4.00. The van der Waals surface area contributed by atoms with Crippen LogP contribution in [0.5, 0.6) is 0 Å². The summed E-state index contributed by atoms with van der Waals surface area (Å²) in [5, 5.41) is 3.01. The predicted molar refractivity (Wildman–Crippen MR) is 78.3 cm³/mol. The molecule has 0 bridgehead atoms. The largest absolute Gasteiger partial charge is 0.399 e. The Labute approximate surface area is 122 Å². The molecule has 0 saturated heterocycles. The van der Waals surface area contributed by atoms with Crippen molar-refractivity contribution in [3.05, 3.63) is 50.7 Å². The van der Waals surface area contributed by atoms with E-state index in [9.17, 15) is 4.39 Å². The third-order valence-electron chi connectivity index (χ3n) is 2.26. The Balaban J connectivity index is 2.34. The number of hydrogen-bond acceptors (Lipinski definition) is 2. The average molecular weight is 350 g/mol. The van der Waals surface area contributed by atoms with E-state index >= 15 is 0 Å². The van der Waals surface area contributed by atoms with Crippen LogP contribution in [0.2, 0.25) is 10.0 Å². The van der Waals surface area contributed by atoms with Gasteiger partial charge in [0, 0.05) is 15.8 Å². The molecule has 2 nitrogen and oxygen atoms in total. The third kappa shape index (κ3) is 2.88.